The molecule has 4 rings (SSSR count). The van der Waals surface area contributed by atoms with Crippen molar-refractivity contribution in [2.75, 3.05) is 6.61 Å². The molecule has 0 aromatic carbocycles. The third-order valence-electron chi connectivity index (χ3n) is 11.7. The van der Waals surface area contributed by atoms with Crippen LogP contribution in [0.1, 0.15) is 98.8 Å². The van der Waals surface area contributed by atoms with Gasteiger partial charge in [-0.3, -0.25) is 0 Å². The molecule has 10 atom stereocenters. The van der Waals surface area contributed by atoms with Crippen LogP contribution in [0.4, 0.5) is 0 Å². The van der Waals surface area contributed by atoms with Gasteiger partial charge in [0.25, 0.3) is 0 Å². The van der Waals surface area contributed by atoms with Crippen LogP contribution in [0.2, 0.25) is 0 Å². The second-order valence-corrected chi connectivity index (χ2v) is 13.2. The summed E-state index contributed by atoms with van der Waals surface area (Å²) in [5.74, 6) is 2.96. The molecule has 4 aliphatic carbocycles. The summed E-state index contributed by atoms with van der Waals surface area (Å²) in [7, 11) is 0. The first-order valence-electron chi connectivity index (χ1n) is 13.7. The third kappa shape index (κ3) is 3.55. The Balaban J connectivity index is 1.57. The molecule has 0 bridgehead atoms. The molecule has 0 saturated heterocycles. The number of hydrogen-bond acceptors (Lipinski definition) is 3. The molecule has 32 heavy (non-hydrogen) atoms. The zero-order chi connectivity index (χ0) is 23.5. The Morgan fingerprint density at radius 2 is 1.72 bits per heavy atom. The van der Waals surface area contributed by atoms with E-state index in [9.17, 15) is 15.3 Å². The van der Waals surface area contributed by atoms with Crippen LogP contribution < -0.4 is 0 Å². The Hall–Kier alpha value is -0.380. The van der Waals surface area contributed by atoms with Gasteiger partial charge in [0, 0.05) is 12.0 Å². The van der Waals surface area contributed by atoms with Gasteiger partial charge in [-0.2, -0.15) is 0 Å². The molecule has 0 spiro atoms. The summed E-state index contributed by atoms with van der Waals surface area (Å²) in [5, 5.41) is 33.8. The fourth-order valence-electron chi connectivity index (χ4n) is 9.69. The third-order valence-corrected chi connectivity index (χ3v) is 11.7. The van der Waals surface area contributed by atoms with Crippen molar-refractivity contribution in [2.24, 2.45) is 52.3 Å². The van der Waals surface area contributed by atoms with Crippen molar-refractivity contribution in [2.45, 2.75) is 111 Å². The zero-order valence-corrected chi connectivity index (χ0v) is 21.4. The smallest absolute Gasteiger partial charge is 0.0715 e. The lowest BCUT2D eigenvalue weighted by atomic mass is 9.41. The van der Waals surface area contributed by atoms with Gasteiger partial charge in [0.1, 0.15) is 0 Å². The van der Waals surface area contributed by atoms with E-state index in [0.717, 1.165) is 64.2 Å². The van der Waals surface area contributed by atoms with Gasteiger partial charge >= 0.3 is 0 Å². The van der Waals surface area contributed by atoms with Crippen LogP contribution in [0.25, 0.3) is 0 Å². The van der Waals surface area contributed by atoms with Crippen LogP contribution in [0.15, 0.2) is 12.2 Å². The Kier molecular flexibility index (Phi) is 6.71. The first kappa shape index (κ1) is 24.7. The second-order valence-electron chi connectivity index (χ2n) is 13.2. The van der Waals surface area contributed by atoms with Gasteiger partial charge < -0.3 is 15.3 Å². The molecule has 3 heteroatoms. The SMILES string of the molecule is C=C(CCC(C)C1CCC2C3(O)CCC4C(C)C(O)CCC4(C)C3CCC12CO)C(C)C. The van der Waals surface area contributed by atoms with Crippen LogP contribution in [0, 0.1) is 52.3 Å². The summed E-state index contributed by atoms with van der Waals surface area (Å²) in [6.07, 6.45) is 10.1. The summed E-state index contributed by atoms with van der Waals surface area (Å²) in [6, 6.07) is 0. The van der Waals surface area contributed by atoms with Crippen molar-refractivity contribution in [1.82, 2.24) is 0 Å². The molecule has 0 radical (unpaired) electrons. The predicted octanol–water partition coefficient (Wildman–Crippen LogP) is 5.97. The van der Waals surface area contributed by atoms with Gasteiger partial charge in [-0.05, 0) is 111 Å². The topological polar surface area (TPSA) is 60.7 Å². The van der Waals surface area contributed by atoms with Crippen LogP contribution >= 0.6 is 0 Å². The first-order chi connectivity index (χ1) is 15.0. The minimum Gasteiger partial charge on any atom is -0.396 e. The van der Waals surface area contributed by atoms with Crippen LogP contribution in [0.3, 0.4) is 0 Å². The first-order valence-corrected chi connectivity index (χ1v) is 13.7. The monoisotopic (exact) mass is 446 g/mol. The lowest BCUT2D eigenvalue weighted by Gasteiger charge is -2.66. The van der Waals surface area contributed by atoms with E-state index in [2.05, 4.69) is 41.2 Å². The minimum atomic E-state index is -0.649. The number of hydrogen-bond donors (Lipinski definition) is 3. The molecule has 4 aliphatic rings. The Labute approximate surface area is 197 Å². The van der Waals surface area contributed by atoms with Gasteiger partial charge in [-0.25, -0.2) is 0 Å². The fraction of sp³-hybridized carbons (Fsp3) is 0.931. The van der Waals surface area contributed by atoms with E-state index in [1.54, 1.807) is 0 Å². The number of fused-ring (bicyclic) bond motifs is 5. The predicted molar refractivity (Wildman–Crippen MR) is 131 cm³/mol. The fourth-order valence-corrected chi connectivity index (χ4v) is 9.69. The molecule has 10 unspecified atom stereocenters. The summed E-state index contributed by atoms with van der Waals surface area (Å²) in [6.45, 7) is 16.0. The van der Waals surface area contributed by atoms with E-state index in [-0.39, 0.29) is 29.5 Å². The zero-order valence-electron chi connectivity index (χ0n) is 21.4. The van der Waals surface area contributed by atoms with Crippen LogP contribution in [0.5, 0.6) is 0 Å². The van der Waals surface area contributed by atoms with E-state index in [1.807, 2.05) is 0 Å². The number of allylic oxidation sites excluding steroid dienone is 1. The highest BCUT2D eigenvalue weighted by atomic mass is 16.3. The largest absolute Gasteiger partial charge is 0.396 e. The lowest BCUT2D eigenvalue weighted by molar-refractivity contribution is -0.243. The number of aliphatic hydroxyl groups excluding tert-OH is 2. The standard InChI is InChI=1S/C29H50O3/c1-18(2)19(3)7-8-20(4)22-9-10-26-28(22,17-30)15-13-25-27(6)14-12-24(31)21(5)23(27)11-16-29(25,26)32/h18,20-26,30-32H,3,7-17H2,1-2,4-6H3. The maximum Gasteiger partial charge on any atom is 0.0715 e. The summed E-state index contributed by atoms with van der Waals surface area (Å²) < 4.78 is 0. The van der Waals surface area contributed by atoms with Gasteiger partial charge in [-0.15, -0.1) is 0 Å². The molecule has 0 heterocycles. The molecule has 0 amide bonds. The highest BCUT2D eigenvalue weighted by molar-refractivity contribution is 5.18. The summed E-state index contributed by atoms with van der Waals surface area (Å²) in [5.41, 5.74) is 0.690. The molecule has 0 aromatic rings. The van der Waals surface area contributed by atoms with E-state index in [1.165, 1.54) is 5.57 Å². The van der Waals surface area contributed by atoms with E-state index in [4.69, 9.17) is 0 Å². The molecular formula is C29H50O3. The summed E-state index contributed by atoms with van der Waals surface area (Å²) in [4.78, 5) is 0. The van der Waals surface area contributed by atoms with Gasteiger partial charge in [0.2, 0.25) is 0 Å². The maximum atomic E-state index is 12.4. The van der Waals surface area contributed by atoms with E-state index >= 15 is 0 Å². The second kappa shape index (κ2) is 8.68. The molecule has 0 aliphatic heterocycles. The molecule has 0 aromatic heterocycles. The average Bonchev–Trinajstić information content (AvgIpc) is 3.15. The molecular weight excluding hydrogens is 396 g/mol. The summed E-state index contributed by atoms with van der Waals surface area (Å²) >= 11 is 0. The quantitative estimate of drug-likeness (QED) is 0.441. The normalized spacial score (nSPS) is 49.3. The maximum absolute atomic E-state index is 12.4. The van der Waals surface area contributed by atoms with Gasteiger partial charge in [0.05, 0.1) is 11.7 Å². The van der Waals surface area contributed by atoms with Crippen LogP contribution in [-0.4, -0.2) is 33.6 Å². The van der Waals surface area contributed by atoms with E-state index < -0.39 is 5.60 Å². The van der Waals surface area contributed by atoms with Crippen LogP contribution in [-0.2, 0) is 0 Å². The molecule has 3 nitrogen and oxygen atoms in total. The van der Waals surface area contributed by atoms with Crippen molar-refractivity contribution in [1.29, 1.82) is 0 Å². The average molecular weight is 447 g/mol. The highest BCUT2D eigenvalue weighted by Crippen LogP contribution is 2.70. The number of rotatable bonds is 6. The van der Waals surface area contributed by atoms with Crippen molar-refractivity contribution >= 4 is 0 Å². The molecule has 3 N–H and O–H groups in total. The number of aliphatic hydroxyl groups is 3. The van der Waals surface area contributed by atoms with Crippen molar-refractivity contribution < 1.29 is 15.3 Å². The van der Waals surface area contributed by atoms with Crippen molar-refractivity contribution in [3.05, 3.63) is 12.2 Å². The van der Waals surface area contributed by atoms with Crippen molar-refractivity contribution in [3.63, 3.8) is 0 Å². The van der Waals surface area contributed by atoms with Gasteiger partial charge in [-0.1, -0.05) is 46.8 Å². The Bertz CT molecular complexity index is 703. The Morgan fingerprint density at radius 3 is 2.38 bits per heavy atom. The molecule has 184 valence electrons. The van der Waals surface area contributed by atoms with Gasteiger partial charge in [0.15, 0.2) is 0 Å². The molecule has 4 fully saturated rings. The highest BCUT2D eigenvalue weighted by Gasteiger charge is 2.68. The van der Waals surface area contributed by atoms with E-state index in [0.29, 0.717) is 35.5 Å². The Morgan fingerprint density at radius 1 is 1.00 bits per heavy atom. The van der Waals surface area contributed by atoms with Crippen molar-refractivity contribution in [3.8, 4) is 0 Å². The minimum absolute atomic E-state index is 0.117. The lowest BCUT2D eigenvalue weighted by Crippen LogP contribution is -2.66. The molecule has 4 saturated carbocycles.